The molecule has 0 aromatic carbocycles. The lowest BCUT2D eigenvalue weighted by Gasteiger charge is -2.20. The van der Waals surface area contributed by atoms with Crippen molar-refractivity contribution < 1.29 is 19.4 Å². The highest BCUT2D eigenvalue weighted by molar-refractivity contribution is 5.95. The molecule has 2 aromatic heterocycles. The highest BCUT2D eigenvalue weighted by atomic mass is 16.6. The SMILES string of the molecule is CC(C)(C)OC(=O)Cn1c(C(=O)O)cc2cnccc21. The third kappa shape index (κ3) is 2.96. The van der Waals surface area contributed by atoms with Gasteiger partial charge in [-0.15, -0.1) is 0 Å². The Morgan fingerprint density at radius 2 is 2.10 bits per heavy atom. The molecule has 0 saturated heterocycles. The van der Waals surface area contributed by atoms with Crippen LogP contribution < -0.4 is 0 Å². The summed E-state index contributed by atoms with van der Waals surface area (Å²) < 4.78 is 6.65. The van der Waals surface area contributed by atoms with Gasteiger partial charge >= 0.3 is 11.9 Å². The van der Waals surface area contributed by atoms with E-state index in [0.717, 1.165) is 0 Å². The number of aromatic carboxylic acids is 1. The summed E-state index contributed by atoms with van der Waals surface area (Å²) in [6, 6.07) is 3.17. The van der Waals surface area contributed by atoms with E-state index in [9.17, 15) is 14.7 Å². The molecule has 0 atom stereocenters. The lowest BCUT2D eigenvalue weighted by molar-refractivity contribution is -0.155. The largest absolute Gasteiger partial charge is 0.477 e. The van der Waals surface area contributed by atoms with Gasteiger partial charge in [0.05, 0.1) is 5.52 Å². The van der Waals surface area contributed by atoms with Gasteiger partial charge in [0.15, 0.2) is 0 Å². The number of rotatable bonds is 3. The summed E-state index contributed by atoms with van der Waals surface area (Å²) in [5.74, 6) is -1.57. The first-order valence-electron chi connectivity index (χ1n) is 6.16. The van der Waals surface area contributed by atoms with Crippen LogP contribution in [0.2, 0.25) is 0 Å². The van der Waals surface area contributed by atoms with Crippen molar-refractivity contribution in [2.24, 2.45) is 0 Å². The van der Waals surface area contributed by atoms with Gasteiger partial charge in [-0.2, -0.15) is 0 Å². The predicted octanol–water partition coefficient (Wildman–Crippen LogP) is 2.08. The number of hydrogen-bond donors (Lipinski definition) is 1. The topological polar surface area (TPSA) is 81.4 Å². The van der Waals surface area contributed by atoms with Gasteiger partial charge in [-0.1, -0.05) is 0 Å². The van der Waals surface area contributed by atoms with E-state index in [-0.39, 0.29) is 12.2 Å². The molecule has 0 aliphatic heterocycles. The zero-order valence-corrected chi connectivity index (χ0v) is 11.6. The van der Waals surface area contributed by atoms with Gasteiger partial charge in [-0.25, -0.2) is 4.79 Å². The van der Waals surface area contributed by atoms with E-state index in [4.69, 9.17) is 4.74 Å². The smallest absolute Gasteiger partial charge is 0.352 e. The summed E-state index contributed by atoms with van der Waals surface area (Å²) in [5.41, 5.74) is 0.0763. The van der Waals surface area contributed by atoms with Gasteiger partial charge < -0.3 is 14.4 Å². The fourth-order valence-corrected chi connectivity index (χ4v) is 1.96. The lowest BCUT2D eigenvalue weighted by Crippen LogP contribution is -2.27. The first-order valence-corrected chi connectivity index (χ1v) is 6.16. The Bertz CT molecular complexity index is 667. The summed E-state index contributed by atoms with van der Waals surface area (Å²) >= 11 is 0. The summed E-state index contributed by atoms with van der Waals surface area (Å²) in [7, 11) is 0. The monoisotopic (exact) mass is 276 g/mol. The van der Waals surface area contributed by atoms with Gasteiger partial charge in [0.2, 0.25) is 0 Å². The van der Waals surface area contributed by atoms with Crippen molar-refractivity contribution in [3.05, 3.63) is 30.2 Å². The Morgan fingerprint density at radius 1 is 1.40 bits per heavy atom. The third-order valence-corrected chi connectivity index (χ3v) is 2.63. The van der Waals surface area contributed by atoms with Crippen LogP contribution in [0.25, 0.3) is 10.9 Å². The molecule has 0 bridgehead atoms. The van der Waals surface area contributed by atoms with Crippen molar-refractivity contribution >= 4 is 22.8 Å². The highest BCUT2D eigenvalue weighted by Gasteiger charge is 2.21. The van der Waals surface area contributed by atoms with E-state index in [1.807, 2.05) is 0 Å². The maximum atomic E-state index is 11.9. The lowest BCUT2D eigenvalue weighted by atomic mass is 10.2. The van der Waals surface area contributed by atoms with E-state index in [2.05, 4.69) is 4.98 Å². The molecular formula is C14H16N2O4. The van der Waals surface area contributed by atoms with Crippen molar-refractivity contribution in [2.45, 2.75) is 32.9 Å². The molecule has 2 heterocycles. The molecule has 0 amide bonds. The molecule has 2 rings (SSSR count). The standard InChI is InChI=1S/C14H16N2O4/c1-14(2,3)20-12(17)8-16-10-4-5-15-7-9(10)6-11(16)13(18)19/h4-7H,8H2,1-3H3,(H,18,19). The van der Waals surface area contributed by atoms with Crippen molar-refractivity contribution in [3.63, 3.8) is 0 Å². The number of carbonyl (C=O) groups excluding carboxylic acids is 1. The van der Waals surface area contributed by atoms with Crippen LogP contribution in [-0.4, -0.2) is 32.2 Å². The second kappa shape index (κ2) is 4.96. The minimum Gasteiger partial charge on any atom is -0.477 e. The van der Waals surface area contributed by atoms with E-state index in [0.29, 0.717) is 10.9 Å². The van der Waals surface area contributed by atoms with Gasteiger partial charge in [-0.3, -0.25) is 9.78 Å². The fraction of sp³-hybridized carbons (Fsp3) is 0.357. The van der Waals surface area contributed by atoms with E-state index in [1.165, 1.54) is 10.6 Å². The van der Waals surface area contributed by atoms with Gasteiger partial charge in [0.25, 0.3) is 0 Å². The average Bonchev–Trinajstić information content (AvgIpc) is 2.66. The molecule has 0 saturated carbocycles. The molecule has 106 valence electrons. The Morgan fingerprint density at radius 3 is 2.70 bits per heavy atom. The Kier molecular flexibility index (Phi) is 3.48. The fourth-order valence-electron chi connectivity index (χ4n) is 1.96. The summed E-state index contributed by atoms with van der Waals surface area (Å²) in [5, 5.41) is 9.89. The number of hydrogen-bond acceptors (Lipinski definition) is 4. The Hall–Kier alpha value is -2.37. The molecular weight excluding hydrogens is 260 g/mol. The van der Waals surface area contributed by atoms with Crippen LogP contribution in [0.3, 0.4) is 0 Å². The van der Waals surface area contributed by atoms with E-state index >= 15 is 0 Å². The predicted molar refractivity (Wildman–Crippen MR) is 72.5 cm³/mol. The molecule has 6 nitrogen and oxygen atoms in total. The molecule has 1 N–H and O–H groups in total. The molecule has 0 fully saturated rings. The van der Waals surface area contributed by atoms with Crippen LogP contribution in [0.4, 0.5) is 0 Å². The quantitative estimate of drug-likeness (QED) is 0.868. The molecule has 0 radical (unpaired) electrons. The number of nitrogens with zero attached hydrogens (tertiary/aromatic N) is 2. The van der Waals surface area contributed by atoms with Gasteiger partial charge in [0, 0.05) is 17.8 Å². The minimum absolute atomic E-state index is 0.0406. The molecule has 0 spiro atoms. The van der Waals surface area contributed by atoms with E-state index < -0.39 is 17.5 Å². The molecule has 2 aromatic rings. The van der Waals surface area contributed by atoms with Crippen molar-refractivity contribution in [2.75, 3.05) is 0 Å². The van der Waals surface area contributed by atoms with Gasteiger partial charge in [-0.05, 0) is 32.9 Å². The summed E-state index contributed by atoms with van der Waals surface area (Å²) in [4.78, 5) is 27.1. The average molecular weight is 276 g/mol. The van der Waals surface area contributed by atoms with Crippen molar-refractivity contribution in [1.82, 2.24) is 9.55 Å². The zero-order valence-electron chi connectivity index (χ0n) is 11.6. The maximum Gasteiger partial charge on any atom is 0.352 e. The van der Waals surface area contributed by atoms with Crippen LogP contribution >= 0.6 is 0 Å². The van der Waals surface area contributed by atoms with Crippen molar-refractivity contribution in [1.29, 1.82) is 0 Å². The number of fused-ring (bicyclic) bond motifs is 1. The minimum atomic E-state index is -1.09. The Labute approximate surface area is 116 Å². The summed E-state index contributed by atoms with van der Waals surface area (Å²) in [6.45, 7) is 5.15. The number of carboxylic acid groups (broad SMARTS) is 1. The molecule has 0 aliphatic rings. The highest BCUT2D eigenvalue weighted by Crippen LogP contribution is 2.19. The number of aromatic nitrogens is 2. The molecule has 6 heteroatoms. The maximum absolute atomic E-state index is 11.9. The Balaban J connectivity index is 2.39. The van der Waals surface area contributed by atoms with E-state index in [1.54, 1.807) is 39.2 Å². The second-order valence-corrected chi connectivity index (χ2v) is 5.44. The van der Waals surface area contributed by atoms with Crippen LogP contribution in [-0.2, 0) is 16.1 Å². The molecule has 0 unspecified atom stereocenters. The van der Waals surface area contributed by atoms with Gasteiger partial charge in [0.1, 0.15) is 17.8 Å². The molecule has 0 aliphatic carbocycles. The first-order chi connectivity index (χ1) is 9.28. The zero-order chi connectivity index (χ0) is 14.9. The van der Waals surface area contributed by atoms with Crippen LogP contribution in [0, 0.1) is 0 Å². The van der Waals surface area contributed by atoms with Crippen LogP contribution in [0.5, 0.6) is 0 Å². The number of pyridine rings is 1. The second-order valence-electron chi connectivity index (χ2n) is 5.44. The normalized spacial score (nSPS) is 11.6. The number of carboxylic acids is 1. The number of esters is 1. The van der Waals surface area contributed by atoms with Crippen molar-refractivity contribution in [3.8, 4) is 0 Å². The number of carbonyl (C=O) groups is 2. The van der Waals surface area contributed by atoms with Crippen LogP contribution in [0.1, 0.15) is 31.3 Å². The summed E-state index contributed by atoms with van der Waals surface area (Å²) in [6.07, 6.45) is 3.12. The first kappa shape index (κ1) is 14.0. The molecule has 20 heavy (non-hydrogen) atoms. The number of ether oxygens (including phenoxy) is 1. The third-order valence-electron chi connectivity index (χ3n) is 2.63. The van der Waals surface area contributed by atoms with Crippen LogP contribution in [0.15, 0.2) is 24.5 Å².